The molecule has 0 bridgehead atoms. The van der Waals surface area contributed by atoms with Gasteiger partial charge in [0.2, 0.25) is 0 Å². The minimum Gasteiger partial charge on any atom is -0.497 e. The van der Waals surface area contributed by atoms with E-state index in [1.807, 2.05) is 0 Å². The first-order valence-electron chi connectivity index (χ1n) is 8.77. The molecule has 3 atom stereocenters. The van der Waals surface area contributed by atoms with Gasteiger partial charge in [-0.1, -0.05) is 6.42 Å². The lowest BCUT2D eigenvalue weighted by Gasteiger charge is -2.37. The van der Waals surface area contributed by atoms with Crippen LogP contribution in [-0.4, -0.2) is 36.1 Å². The number of nitrogens with one attached hydrogen (secondary N) is 1. The maximum absolute atomic E-state index is 5.46. The Hall–Kier alpha value is -1.48. The highest BCUT2D eigenvalue weighted by Gasteiger charge is 2.45. The summed E-state index contributed by atoms with van der Waals surface area (Å²) in [6.45, 7) is 2.61. The molecule has 2 fully saturated rings. The zero-order chi connectivity index (χ0) is 14.7. The second-order valence-corrected chi connectivity index (χ2v) is 7.31. The van der Waals surface area contributed by atoms with Crippen LogP contribution in [0.5, 0.6) is 5.75 Å². The first-order chi connectivity index (χ1) is 10.8. The van der Waals surface area contributed by atoms with Gasteiger partial charge in [-0.05, 0) is 68.5 Å². The number of hydrogen-bond donors (Lipinski definition) is 1. The van der Waals surface area contributed by atoms with Crippen molar-refractivity contribution in [3.05, 3.63) is 29.5 Å². The van der Waals surface area contributed by atoms with Gasteiger partial charge in [0.1, 0.15) is 5.75 Å². The number of hydrogen-bond acceptors (Lipinski definition) is 2. The highest BCUT2D eigenvalue weighted by molar-refractivity contribution is 5.87. The Balaban J connectivity index is 1.68. The molecule has 1 aliphatic carbocycles. The van der Waals surface area contributed by atoms with Crippen molar-refractivity contribution in [3.8, 4) is 5.75 Å². The van der Waals surface area contributed by atoms with Crippen LogP contribution in [0.3, 0.4) is 0 Å². The van der Waals surface area contributed by atoms with Crippen molar-refractivity contribution in [1.29, 1.82) is 0 Å². The summed E-state index contributed by atoms with van der Waals surface area (Å²) in [5.41, 5.74) is 4.42. The zero-order valence-corrected chi connectivity index (χ0v) is 13.3. The molecule has 3 heteroatoms. The minimum atomic E-state index is 0.729. The molecule has 3 nitrogen and oxygen atoms in total. The number of rotatable bonds is 1. The fourth-order valence-corrected chi connectivity index (χ4v) is 5.42. The van der Waals surface area contributed by atoms with Crippen molar-refractivity contribution in [1.82, 2.24) is 9.88 Å². The molecule has 1 N–H and O–H groups in total. The summed E-state index contributed by atoms with van der Waals surface area (Å²) in [5, 5.41) is 1.41. The van der Waals surface area contributed by atoms with Gasteiger partial charge in [-0.3, -0.25) is 4.90 Å². The van der Waals surface area contributed by atoms with Gasteiger partial charge >= 0.3 is 0 Å². The third kappa shape index (κ3) is 1.72. The van der Waals surface area contributed by atoms with Crippen molar-refractivity contribution in [3.63, 3.8) is 0 Å². The van der Waals surface area contributed by atoms with E-state index < -0.39 is 0 Å². The van der Waals surface area contributed by atoms with E-state index in [2.05, 4.69) is 28.1 Å². The number of nitrogens with zero attached hydrogens (tertiary/aromatic N) is 1. The molecule has 3 aliphatic rings. The Labute approximate surface area is 131 Å². The fourth-order valence-electron chi connectivity index (χ4n) is 5.42. The molecule has 2 aromatic rings. The van der Waals surface area contributed by atoms with Gasteiger partial charge < -0.3 is 9.72 Å². The Morgan fingerprint density at radius 2 is 2.14 bits per heavy atom. The van der Waals surface area contributed by atoms with Gasteiger partial charge in [0.15, 0.2) is 0 Å². The van der Waals surface area contributed by atoms with Crippen LogP contribution in [0.2, 0.25) is 0 Å². The fraction of sp³-hybridized carbons (Fsp3) is 0.579. The summed E-state index contributed by atoms with van der Waals surface area (Å²) in [5.74, 6) is 2.57. The second kappa shape index (κ2) is 4.76. The highest BCUT2D eigenvalue weighted by atomic mass is 16.5. The molecule has 3 heterocycles. The van der Waals surface area contributed by atoms with E-state index >= 15 is 0 Å². The molecular formula is C19H24N2O. The van der Waals surface area contributed by atoms with Gasteiger partial charge in [-0.15, -0.1) is 0 Å². The lowest BCUT2D eigenvalue weighted by molar-refractivity contribution is 0.184. The minimum absolute atomic E-state index is 0.729. The number of H-pyrrole nitrogens is 1. The van der Waals surface area contributed by atoms with E-state index in [1.165, 1.54) is 61.8 Å². The number of ether oxygens (including phenoxy) is 1. The van der Waals surface area contributed by atoms with E-state index in [9.17, 15) is 0 Å². The topological polar surface area (TPSA) is 28.3 Å². The maximum Gasteiger partial charge on any atom is 0.119 e. The van der Waals surface area contributed by atoms with Crippen molar-refractivity contribution >= 4 is 10.9 Å². The Morgan fingerprint density at radius 3 is 3.05 bits per heavy atom. The second-order valence-electron chi connectivity index (χ2n) is 7.31. The third-order valence-corrected chi connectivity index (χ3v) is 6.28. The van der Waals surface area contributed by atoms with Crippen LogP contribution in [0.1, 0.15) is 42.9 Å². The zero-order valence-electron chi connectivity index (χ0n) is 13.3. The molecule has 0 saturated carbocycles. The molecule has 0 amide bonds. The van der Waals surface area contributed by atoms with E-state index in [1.54, 1.807) is 12.7 Å². The standard InChI is InChI=1S/C19H24N2O/c1-22-13-5-6-16-15(11-13)18-14-7-9-21-8-3-2-4-12(19(14)21)10-17(18)20-16/h5-6,11-12,14,19-20H,2-4,7-10H2,1H3/t12-,14+,19-/m1/s1. The van der Waals surface area contributed by atoms with Crippen molar-refractivity contribution in [2.45, 2.75) is 44.1 Å². The van der Waals surface area contributed by atoms with Crippen LogP contribution >= 0.6 is 0 Å². The molecule has 116 valence electrons. The normalized spacial score (nSPS) is 30.9. The summed E-state index contributed by atoms with van der Waals surface area (Å²) < 4.78 is 5.46. The average molecular weight is 296 g/mol. The summed E-state index contributed by atoms with van der Waals surface area (Å²) in [6.07, 6.45) is 6.79. The van der Waals surface area contributed by atoms with Gasteiger partial charge in [0, 0.05) is 28.6 Å². The lowest BCUT2D eigenvalue weighted by atomic mass is 9.74. The van der Waals surface area contributed by atoms with E-state index in [0.717, 1.165) is 23.6 Å². The largest absolute Gasteiger partial charge is 0.497 e. The van der Waals surface area contributed by atoms with Gasteiger partial charge in [0.05, 0.1) is 7.11 Å². The summed E-state index contributed by atoms with van der Waals surface area (Å²) >= 11 is 0. The molecule has 2 aliphatic heterocycles. The third-order valence-electron chi connectivity index (χ3n) is 6.28. The summed E-state index contributed by atoms with van der Waals surface area (Å²) in [4.78, 5) is 6.53. The van der Waals surface area contributed by atoms with Gasteiger partial charge in [-0.2, -0.15) is 0 Å². The predicted molar refractivity (Wildman–Crippen MR) is 88.6 cm³/mol. The number of aromatic amines is 1. The van der Waals surface area contributed by atoms with Crippen LogP contribution in [0, 0.1) is 5.92 Å². The van der Waals surface area contributed by atoms with Crippen LogP contribution in [0.15, 0.2) is 18.2 Å². The molecular weight excluding hydrogens is 272 g/mol. The average Bonchev–Trinajstić information content (AvgIpc) is 3.04. The van der Waals surface area contributed by atoms with Gasteiger partial charge in [-0.25, -0.2) is 0 Å². The highest BCUT2D eigenvalue weighted by Crippen LogP contribution is 2.49. The molecule has 1 aromatic heterocycles. The Bertz CT molecular complexity index is 720. The molecule has 22 heavy (non-hydrogen) atoms. The maximum atomic E-state index is 5.46. The van der Waals surface area contributed by atoms with Crippen molar-refractivity contribution < 1.29 is 4.74 Å². The van der Waals surface area contributed by atoms with Gasteiger partial charge in [0.25, 0.3) is 0 Å². The van der Waals surface area contributed by atoms with Crippen molar-refractivity contribution in [2.75, 3.05) is 20.2 Å². The first-order valence-corrected chi connectivity index (χ1v) is 8.77. The molecule has 1 aromatic carbocycles. The summed E-state index contributed by atoms with van der Waals surface area (Å²) in [6, 6.07) is 7.29. The number of methoxy groups -OCH3 is 1. The van der Waals surface area contributed by atoms with E-state index in [0.29, 0.717) is 0 Å². The molecule has 0 unspecified atom stereocenters. The van der Waals surface area contributed by atoms with Crippen LogP contribution in [0.4, 0.5) is 0 Å². The SMILES string of the molecule is COc1ccc2[nH]c3c(c2c1)[C@@H]1CCN2CCCC[C@H](C3)[C@H]12. The quantitative estimate of drug-likeness (QED) is 0.869. The van der Waals surface area contributed by atoms with Crippen LogP contribution < -0.4 is 4.74 Å². The number of aromatic nitrogens is 1. The Morgan fingerprint density at radius 1 is 1.18 bits per heavy atom. The Kier molecular flexibility index (Phi) is 2.81. The summed E-state index contributed by atoms with van der Waals surface area (Å²) in [7, 11) is 1.76. The predicted octanol–water partition coefficient (Wildman–Crippen LogP) is 3.69. The monoisotopic (exact) mass is 296 g/mol. The van der Waals surface area contributed by atoms with Crippen LogP contribution in [-0.2, 0) is 6.42 Å². The number of fused-ring (bicyclic) bond motifs is 4. The van der Waals surface area contributed by atoms with E-state index in [4.69, 9.17) is 4.74 Å². The van der Waals surface area contributed by atoms with Crippen LogP contribution in [0.25, 0.3) is 10.9 Å². The molecule has 0 spiro atoms. The first kappa shape index (κ1) is 13.0. The smallest absolute Gasteiger partial charge is 0.119 e. The lowest BCUT2D eigenvalue weighted by Crippen LogP contribution is -2.40. The van der Waals surface area contributed by atoms with Crippen molar-refractivity contribution in [2.24, 2.45) is 5.92 Å². The molecule has 5 rings (SSSR count). The van der Waals surface area contributed by atoms with E-state index in [-0.39, 0.29) is 0 Å². The number of benzene rings is 1. The molecule has 0 radical (unpaired) electrons. The molecule has 2 saturated heterocycles.